The fourth-order valence-electron chi connectivity index (χ4n) is 4.21. The molecule has 10 heteroatoms. The van der Waals surface area contributed by atoms with E-state index >= 15 is 0 Å². The van der Waals surface area contributed by atoms with Gasteiger partial charge in [0.15, 0.2) is 11.4 Å². The molecular weight excluding hydrogens is 426 g/mol. The number of aliphatic hydroxyl groups excluding tert-OH is 1. The van der Waals surface area contributed by atoms with Gasteiger partial charge in [0.25, 0.3) is 5.91 Å². The first-order chi connectivity index (χ1) is 15.9. The molecule has 2 N–H and O–H groups in total. The van der Waals surface area contributed by atoms with E-state index in [0.29, 0.717) is 60.9 Å². The van der Waals surface area contributed by atoms with Crippen LogP contribution in [0.25, 0.3) is 5.65 Å². The molecule has 2 aliphatic heterocycles. The van der Waals surface area contributed by atoms with Gasteiger partial charge in [-0.15, -0.1) is 0 Å². The van der Waals surface area contributed by atoms with Crippen LogP contribution in [0.15, 0.2) is 30.7 Å². The topological polar surface area (TPSA) is 118 Å². The van der Waals surface area contributed by atoms with Gasteiger partial charge in [-0.05, 0) is 19.9 Å². The molecule has 5 rings (SSSR count). The van der Waals surface area contributed by atoms with Crippen LogP contribution in [0.3, 0.4) is 0 Å². The maximum atomic E-state index is 13.2. The smallest absolute Gasteiger partial charge is 0.261 e. The van der Waals surface area contributed by atoms with E-state index in [1.54, 1.807) is 6.20 Å². The van der Waals surface area contributed by atoms with E-state index in [1.165, 1.54) is 23.8 Å². The zero-order chi connectivity index (χ0) is 23.2. The molecule has 3 aromatic rings. The van der Waals surface area contributed by atoms with Crippen molar-refractivity contribution in [1.29, 1.82) is 0 Å². The van der Waals surface area contributed by atoms with Gasteiger partial charge in [-0.2, -0.15) is 5.10 Å². The molecule has 172 valence electrons. The van der Waals surface area contributed by atoms with Crippen LogP contribution in [0.1, 0.15) is 40.1 Å². The standard InChI is InChI=1S/C23H25N5O5/c1-14(30)16-10-24-21-17(11-25-28(21)12-16)22(31)26-18-7-15-9-23(2,13-29)33-20(15)8-19(18)27-3-5-32-6-4-27/h7-8,10-12,29H,3-6,9,13H2,1-2H3,(H,26,31)/t23-/m0/s1. The quantitative estimate of drug-likeness (QED) is 0.563. The Morgan fingerprint density at radius 3 is 2.76 bits per heavy atom. The third kappa shape index (κ3) is 3.91. The van der Waals surface area contributed by atoms with Gasteiger partial charge in [0.05, 0.1) is 43.0 Å². The number of hydrogen-bond acceptors (Lipinski definition) is 8. The molecule has 1 saturated heterocycles. The molecule has 2 aliphatic rings. The number of anilines is 2. The molecule has 1 amide bonds. The number of amides is 1. The Hall–Kier alpha value is -3.50. The zero-order valence-electron chi connectivity index (χ0n) is 18.5. The molecule has 0 saturated carbocycles. The molecule has 0 unspecified atom stereocenters. The number of Topliss-reactive ketones (excluding diaryl/α,β-unsaturated/α-hetero) is 1. The highest BCUT2D eigenvalue weighted by molar-refractivity contribution is 6.09. The Morgan fingerprint density at radius 2 is 2.03 bits per heavy atom. The molecule has 33 heavy (non-hydrogen) atoms. The molecule has 0 bridgehead atoms. The lowest BCUT2D eigenvalue weighted by Crippen LogP contribution is -2.36. The van der Waals surface area contributed by atoms with Crippen LogP contribution in [-0.4, -0.2) is 69.9 Å². The first-order valence-corrected chi connectivity index (χ1v) is 10.8. The number of fused-ring (bicyclic) bond motifs is 2. The highest BCUT2D eigenvalue weighted by Gasteiger charge is 2.36. The number of aliphatic hydroxyl groups is 1. The number of ether oxygens (including phenoxy) is 2. The first-order valence-electron chi connectivity index (χ1n) is 10.8. The number of rotatable bonds is 5. The minimum absolute atomic E-state index is 0.105. The minimum atomic E-state index is -0.686. The van der Waals surface area contributed by atoms with Crippen molar-refractivity contribution in [3.63, 3.8) is 0 Å². The van der Waals surface area contributed by atoms with Gasteiger partial charge >= 0.3 is 0 Å². The Balaban J connectivity index is 1.50. The van der Waals surface area contributed by atoms with Crippen molar-refractivity contribution in [3.05, 3.63) is 47.4 Å². The molecule has 0 aliphatic carbocycles. The minimum Gasteiger partial charge on any atom is -0.484 e. The Bertz CT molecular complexity index is 1250. The van der Waals surface area contributed by atoms with E-state index in [2.05, 4.69) is 20.3 Å². The average molecular weight is 451 g/mol. The summed E-state index contributed by atoms with van der Waals surface area (Å²) >= 11 is 0. The second-order valence-electron chi connectivity index (χ2n) is 8.64. The summed E-state index contributed by atoms with van der Waals surface area (Å²) in [7, 11) is 0. The van der Waals surface area contributed by atoms with Gasteiger partial charge in [0.1, 0.15) is 16.9 Å². The number of carbonyl (C=O) groups is 2. The van der Waals surface area contributed by atoms with Crippen molar-refractivity contribution in [2.75, 3.05) is 43.1 Å². The van der Waals surface area contributed by atoms with Crippen molar-refractivity contribution in [1.82, 2.24) is 14.6 Å². The van der Waals surface area contributed by atoms with E-state index < -0.39 is 5.60 Å². The zero-order valence-corrected chi connectivity index (χ0v) is 18.5. The normalized spacial score (nSPS) is 19.9. The number of carbonyl (C=O) groups excluding carboxylic acids is 2. The molecule has 0 radical (unpaired) electrons. The van der Waals surface area contributed by atoms with Crippen molar-refractivity contribution in [2.24, 2.45) is 0 Å². The summed E-state index contributed by atoms with van der Waals surface area (Å²) in [6, 6.07) is 3.83. The van der Waals surface area contributed by atoms with Gasteiger partial charge in [-0.25, -0.2) is 9.50 Å². The monoisotopic (exact) mass is 451 g/mol. The molecule has 1 atom stereocenters. The van der Waals surface area contributed by atoms with Crippen molar-refractivity contribution in [2.45, 2.75) is 25.9 Å². The Kier molecular flexibility index (Phi) is 5.26. The van der Waals surface area contributed by atoms with E-state index in [4.69, 9.17) is 9.47 Å². The number of aromatic nitrogens is 3. The highest BCUT2D eigenvalue weighted by Crippen LogP contribution is 2.42. The van der Waals surface area contributed by atoms with Gasteiger partial charge in [-0.1, -0.05) is 0 Å². The summed E-state index contributed by atoms with van der Waals surface area (Å²) in [5.41, 5.74) is 2.79. The second-order valence-corrected chi connectivity index (χ2v) is 8.64. The van der Waals surface area contributed by atoms with Crippen LogP contribution in [0.5, 0.6) is 5.75 Å². The fraction of sp³-hybridized carbons (Fsp3) is 0.391. The second kappa shape index (κ2) is 8.13. The van der Waals surface area contributed by atoms with Crippen LogP contribution in [0.2, 0.25) is 0 Å². The maximum Gasteiger partial charge on any atom is 0.261 e. The summed E-state index contributed by atoms with van der Waals surface area (Å²) in [6.45, 7) is 5.76. The fourth-order valence-corrected chi connectivity index (χ4v) is 4.21. The summed E-state index contributed by atoms with van der Waals surface area (Å²) in [5, 5.41) is 17.0. The third-order valence-electron chi connectivity index (χ3n) is 6.04. The predicted molar refractivity (Wildman–Crippen MR) is 120 cm³/mol. The van der Waals surface area contributed by atoms with Crippen LogP contribution in [-0.2, 0) is 11.2 Å². The van der Waals surface area contributed by atoms with E-state index in [9.17, 15) is 14.7 Å². The largest absolute Gasteiger partial charge is 0.484 e. The van der Waals surface area contributed by atoms with E-state index in [1.807, 2.05) is 19.1 Å². The average Bonchev–Trinajstić information content (AvgIpc) is 3.39. The van der Waals surface area contributed by atoms with Gasteiger partial charge in [0, 0.05) is 43.5 Å². The first kappa shape index (κ1) is 21.4. The number of benzene rings is 1. The molecular formula is C23H25N5O5. The van der Waals surface area contributed by atoms with Crippen molar-refractivity contribution in [3.8, 4) is 5.75 Å². The SMILES string of the molecule is CC(=O)c1cnc2c(C(=O)Nc3cc4c(cc3N3CCOCC3)O[C@](C)(CO)C4)cnn2c1. The lowest BCUT2D eigenvalue weighted by atomic mass is 9.99. The summed E-state index contributed by atoms with van der Waals surface area (Å²) in [6.07, 6.45) is 4.98. The van der Waals surface area contributed by atoms with Crippen molar-refractivity contribution < 1.29 is 24.2 Å². The summed E-state index contributed by atoms with van der Waals surface area (Å²) in [4.78, 5) is 31.3. The number of nitrogens with zero attached hydrogens (tertiary/aromatic N) is 4. The van der Waals surface area contributed by atoms with Gasteiger partial charge < -0.3 is 24.8 Å². The van der Waals surface area contributed by atoms with Crippen LogP contribution >= 0.6 is 0 Å². The summed E-state index contributed by atoms with van der Waals surface area (Å²) < 4.78 is 12.9. The molecule has 2 aromatic heterocycles. The molecule has 1 aromatic carbocycles. The van der Waals surface area contributed by atoms with Crippen molar-refractivity contribution >= 4 is 28.7 Å². The van der Waals surface area contributed by atoms with E-state index in [-0.39, 0.29) is 18.3 Å². The lowest BCUT2D eigenvalue weighted by molar-refractivity contribution is 0.0446. The Labute approximate surface area is 190 Å². The molecule has 4 heterocycles. The molecule has 10 nitrogen and oxygen atoms in total. The number of nitrogens with one attached hydrogen (secondary N) is 1. The van der Waals surface area contributed by atoms with Gasteiger partial charge in [-0.3, -0.25) is 9.59 Å². The maximum absolute atomic E-state index is 13.2. The number of morpholine rings is 1. The van der Waals surface area contributed by atoms with Crippen LogP contribution in [0, 0.1) is 0 Å². The number of hydrogen-bond donors (Lipinski definition) is 2. The number of ketones is 1. The highest BCUT2D eigenvalue weighted by atomic mass is 16.5. The third-order valence-corrected chi connectivity index (χ3v) is 6.04. The molecule has 0 spiro atoms. The summed E-state index contributed by atoms with van der Waals surface area (Å²) in [5.74, 6) is 0.225. The van der Waals surface area contributed by atoms with Gasteiger partial charge in [0.2, 0.25) is 0 Å². The predicted octanol–water partition coefficient (Wildman–Crippen LogP) is 1.71. The lowest BCUT2D eigenvalue weighted by Gasteiger charge is -2.31. The molecule has 1 fully saturated rings. The van der Waals surface area contributed by atoms with Crippen LogP contribution < -0.4 is 15.0 Å². The van der Waals surface area contributed by atoms with E-state index in [0.717, 1.165) is 11.3 Å². The Morgan fingerprint density at radius 1 is 1.24 bits per heavy atom. The van der Waals surface area contributed by atoms with Crippen LogP contribution in [0.4, 0.5) is 11.4 Å².